The third-order valence-electron chi connectivity index (χ3n) is 4.34. The molecule has 0 saturated heterocycles. The van der Waals surface area contributed by atoms with E-state index in [1.54, 1.807) is 24.7 Å². The second kappa shape index (κ2) is 7.29. The lowest BCUT2D eigenvalue weighted by molar-refractivity contribution is -0.125. The van der Waals surface area contributed by atoms with Gasteiger partial charge in [-0.15, -0.1) is 0 Å². The summed E-state index contributed by atoms with van der Waals surface area (Å²) >= 11 is 6.06. The fraction of sp³-hybridized carbons (Fsp3) is 0.333. The molecule has 0 saturated carbocycles. The smallest absolute Gasteiger partial charge is 0.245 e. The fourth-order valence-electron chi connectivity index (χ4n) is 2.66. The Hall–Kier alpha value is -2.67. The molecule has 3 heterocycles. The van der Waals surface area contributed by atoms with Gasteiger partial charge < -0.3 is 15.6 Å². The Labute approximate surface area is 159 Å². The molecule has 7 nitrogen and oxygen atoms in total. The van der Waals surface area contributed by atoms with E-state index in [1.165, 1.54) is 0 Å². The fourth-order valence-corrected chi connectivity index (χ4v) is 2.82. The molecule has 0 spiro atoms. The summed E-state index contributed by atoms with van der Waals surface area (Å²) in [7, 11) is 0. The minimum atomic E-state index is -0.757. The Bertz CT molecular complexity index is 951. The van der Waals surface area contributed by atoms with Gasteiger partial charge in [0.1, 0.15) is 17.0 Å². The number of rotatable bonds is 6. The number of carbonyl (C=O) groups excluding carboxylic acids is 1. The van der Waals surface area contributed by atoms with Crippen molar-refractivity contribution in [1.82, 2.24) is 25.3 Å². The van der Waals surface area contributed by atoms with E-state index >= 15 is 0 Å². The first-order chi connectivity index (χ1) is 12.5. The molecule has 0 aromatic carbocycles. The van der Waals surface area contributed by atoms with E-state index in [2.05, 4.69) is 30.6 Å². The van der Waals surface area contributed by atoms with Crippen LogP contribution in [0.1, 0.15) is 30.0 Å². The maximum Gasteiger partial charge on any atom is 0.245 e. The molecule has 3 aromatic rings. The number of hydrogen-bond acceptors (Lipinski definition) is 5. The van der Waals surface area contributed by atoms with Gasteiger partial charge in [-0.05, 0) is 32.4 Å². The van der Waals surface area contributed by atoms with Crippen molar-refractivity contribution >= 4 is 34.4 Å². The first-order valence-corrected chi connectivity index (χ1v) is 8.87. The SMILES string of the molecule is CCNC(=O)[C@@](C)(CC)Nc1ccnc(-c2c[nH]c3ncc(Cl)cc23)n1.[HH].[HH]. The molecule has 0 radical (unpaired) electrons. The number of halogens is 1. The Morgan fingerprint density at radius 3 is 2.92 bits per heavy atom. The number of pyridine rings is 1. The maximum atomic E-state index is 12.4. The van der Waals surface area contributed by atoms with Crippen molar-refractivity contribution in [3.63, 3.8) is 0 Å². The molecule has 0 bridgehead atoms. The molecule has 0 aliphatic carbocycles. The highest BCUT2D eigenvalue weighted by atomic mass is 35.5. The summed E-state index contributed by atoms with van der Waals surface area (Å²) < 4.78 is 0. The van der Waals surface area contributed by atoms with Gasteiger partial charge in [-0.2, -0.15) is 0 Å². The Morgan fingerprint density at radius 2 is 2.19 bits per heavy atom. The highest BCUT2D eigenvalue weighted by molar-refractivity contribution is 6.31. The molecule has 3 rings (SSSR count). The van der Waals surface area contributed by atoms with Crippen LogP contribution in [0, 0.1) is 0 Å². The summed E-state index contributed by atoms with van der Waals surface area (Å²) in [5.74, 6) is 1.04. The minimum absolute atomic E-state index is 0. The molecule has 26 heavy (non-hydrogen) atoms. The number of H-pyrrole nitrogens is 1. The van der Waals surface area contributed by atoms with Crippen LogP contribution in [0.4, 0.5) is 5.82 Å². The normalized spacial score (nSPS) is 13.4. The van der Waals surface area contributed by atoms with E-state index in [9.17, 15) is 4.79 Å². The number of anilines is 1. The Morgan fingerprint density at radius 1 is 1.38 bits per heavy atom. The summed E-state index contributed by atoms with van der Waals surface area (Å²) in [5, 5.41) is 7.48. The van der Waals surface area contributed by atoms with E-state index in [0.29, 0.717) is 35.3 Å². The molecule has 8 heteroatoms. The van der Waals surface area contributed by atoms with E-state index in [0.717, 1.165) is 10.9 Å². The van der Waals surface area contributed by atoms with Crippen LogP contribution in [0.15, 0.2) is 30.7 Å². The molecule has 1 amide bonds. The Kier molecular flexibility index (Phi) is 5.08. The lowest BCUT2D eigenvalue weighted by Gasteiger charge is -2.28. The molecule has 0 fully saturated rings. The highest BCUT2D eigenvalue weighted by Gasteiger charge is 2.31. The van der Waals surface area contributed by atoms with Gasteiger partial charge >= 0.3 is 0 Å². The number of carbonyl (C=O) groups is 1. The predicted octanol–water partition coefficient (Wildman–Crippen LogP) is 3.88. The molecule has 0 aliphatic rings. The van der Waals surface area contributed by atoms with Gasteiger partial charge in [0, 0.05) is 38.9 Å². The van der Waals surface area contributed by atoms with E-state index in [4.69, 9.17) is 11.6 Å². The largest absolute Gasteiger partial charge is 0.356 e. The van der Waals surface area contributed by atoms with Crippen molar-refractivity contribution in [3.8, 4) is 11.4 Å². The number of fused-ring (bicyclic) bond motifs is 1. The molecule has 0 aliphatic heterocycles. The first kappa shape index (κ1) is 18.1. The van der Waals surface area contributed by atoms with E-state index in [-0.39, 0.29) is 8.76 Å². The Balaban J connectivity index is 0.00000196. The van der Waals surface area contributed by atoms with Gasteiger partial charge in [-0.3, -0.25) is 4.79 Å². The molecular weight excluding hydrogens is 352 g/mol. The first-order valence-electron chi connectivity index (χ1n) is 8.49. The van der Waals surface area contributed by atoms with Crippen LogP contribution in [0.3, 0.4) is 0 Å². The van der Waals surface area contributed by atoms with Gasteiger partial charge in [0.15, 0.2) is 5.82 Å². The van der Waals surface area contributed by atoms with E-state index < -0.39 is 5.54 Å². The molecule has 140 valence electrons. The summed E-state index contributed by atoms with van der Waals surface area (Å²) in [6.07, 6.45) is 5.66. The zero-order valence-electron chi connectivity index (χ0n) is 14.9. The lowest BCUT2D eigenvalue weighted by Crippen LogP contribution is -2.50. The van der Waals surface area contributed by atoms with Gasteiger partial charge in [0.25, 0.3) is 0 Å². The molecular formula is C18H25ClN6O. The monoisotopic (exact) mass is 376 g/mol. The third-order valence-corrected chi connectivity index (χ3v) is 4.55. The van der Waals surface area contributed by atoms with Crippen molar-refractivity contribution in [2.24, 2.45) is 0 Å². The molecule has 3 N–H and O–H groups in total. The number of aromatic amines is 1. The van der Waals surface area contributed by atoms with Crippen LogP contribution in [0.5, 0.6) is 0 Å². The van der Waals surface area contributed by atoms with Crippen molar-refractivity contribution in [1.29, 1.82) is 0 Å². The second-order valence-electron chi connectivity index (χ2n) is 6.19. The van der Waals surface area contributed by atoms with Gasteiger partial charge in [-0.25, -0.2) is 15.0 Å². The molecule has 3 aromatic heterocycles. The van der Waals surface area contributed by atoms with Crippen LogP contribution < -0.4 is 10.6 Å². The van der Waals surface area contributed by atoms with Crippen molar-refractivity contribution in [2.75, 3.05) is 11.9 Å². The van der Waals surface area contributed by atoms with Crippen LogP contribution in [-0.2, 0) is 4.79 Å². The zero-order valence-corrected chi connectivity index (χ0v) is 15.7. The van der Waals surface area contributed by atoms with Gasteiger partial charge in [-0.1, -0.05) is 18.5 Å². The zero-order chi connectivity index (χ0) is 18.7. The number of amides is 1. The summed E-state index contributed by atoms with van der Waals surface area (Å²) in [5.41, 5.74) is 0.758. The predicted molar refractivity (Wildman–Crippen MR) is 107 cm³/mol. The summed E-state index contributed by atoms with van der Waals surface area (Å²) in [6, 6.07) is 3.57. The summed E-state index contributed by atoms with van der Waals surface area (Å²) in [6.45, 7) is 6.29. The number of aromatic nitrogens is 4. The van der Waals surface area contributed by atoms with Crippen LogP contribution >= 0.6 is 11.6 Å². The molecule has 0 unspecified atom stereocenters. The summed E-state index contributed by atoms with van der Waals surface area (Å²) in [4.78, 5) is 28.7. The lowest BCUT2D eigenvalue weighted by atomic mass is 9.97. The number of likely N-dealkylation sites (N-methyl/N-ethyl adjacent to an activating group) is 1. The van der Waals surface area contributed by atoms with Gasteiger partial charge in [0.2, 0.25) is 5.91 Å². The second-order valence-corrected chi connectivity index (χ2v) is 6.62. The maximum absolute atomic E-state index is 12.4. The van der Waals surface area contributed by atoms with Crippen molar-refractivity contribution in [3.05, 3.63) is 35.7 Å². The average molecular weight is 377 g/mol. The van der Waals surface area contributed by atoms with Crippen LogP contribution in [0.25, 0.3) is 22.4 Å². The number of hydrogen-bond donors (Lipinski definition) is 3. The van der Waals surface area contributed by atoms with E-state index in [1.807, 2.05) is 26.8 Å². The molecule has 1 atom stereocenters. The number of nitrogens with zero attached hydrogens (tertiary/aromatic N) is 3. The van der Waals surface area contributed by atoms with Crippen molar-refractivity contribution < 1.29 is 7.65 Å². The third kappa shape index (κ3) is 3.48. The number of nitrogens with one attached hydrogen (secondary N) is 3. The standard InChI is InChI=1S/C18H21ClN6O.2H2/c1-4-18(3,17(26)20-5-2)25-14-6-7-21-16(24-14)13-10-23-15-12(13)8-11(19)9-22-15;;/h6-10H,4-5H2,1-3H3,(H,20,26)(H,22,23)(H,21,24,25);2*1H/t18-;;/m1../s1. The van der Waals surface area contributed by atoms with Crippen LogP contribution in [-0.4, -0.2) is 37.9 Å². The van der Waals surface area contributed by atoms with Crippen LogP contribution in [0.2, 0.25) is 5.02 Å². The quantitative estimate of drug-likeness (QED) is 0.606. The minimum Gasteiger partial charge on any atom is -0.356 e. The van der Waals surface area contributed by atoms with Gasteiger partial charge in [0.05, 0.1) is 5.02 Å². The highest BCUT2D eigenvalue weighted by Crippen LogP contribution is 2.28. The van der Waals surface area contributed by atoms with Crippen molar-refractivity contribution in [2.45, 2.75) is 32.7 Å². The average Bonchev–Trinajstić information content (AvgIpc) is 3.05. The topological polar surface area (TPSA) is 95.6 Å².